The molecule has 0 aliphatic heterocycles. The SMILES string of the molecule is Cc1ccc(Cl)cc1NC(=O)C(=O)N/N=C\c1cccnc1. The topological polar surface area (TPSA) is 83.5 Å². The average molecular weight is 317 g/mol. The number of hydrogen-bond acceptors (Lipinski definition) is 4. The molecule has 0 unspecified atom stereocenters. The van der Waals surface area contributed by atoms with Gasteiger partial charge in [-0.3, -0.25) is 14.6 Å². The molecule has 0 fully saturated rings. The molecule has 1 aromatic heterocycles. The van der Waals surface area contributed by atoms with Gasteiger partial charge in [0.05, 0.1) is 6.21 Å². The number of carbonyl (C=O) groups is 2. The molecule has 1 heterocycles. The number of hydrogen-bond donors (Lipinski definition) is 2. The highest BCUT2D eigenvalue weighted by Gasteiger charge is 2.14. The molecule has 0 aliphatic carbocycles. The van der Waals surface area contributed by atoms with Crippen LogP contribution in [0.5, 0.6) is 0 Å². The molecule has 22 heavy (non-hydrogen) atoms. The van der Waals surface area contributed by atoms with Gasteiger partial charge < -0.3 is 5.32 Å². The Morgan fingerprint density at radius 3 is 2.82 bits per heavy atom. The van der Waals surface area contributed by atoms with Crippen LogP contribution in [0.25, 0.3) is 0 Å². The first-order valence-electron chi connectivity index (χ1n) is 6.37. The van der Waals surface area contributed by atoms with Crippen LogP contribution >= 0.6 is 11.6 Å². The Kier molecular flexibility index (Phi) is 5.21. The maximum absolute atomic E-state index is 11.8. The van der Waals surface area contributed by atoms with Gasteiger partial charge in [0.15, 0.2) is 0 Å². The van der Waals surface area contributed by atoms with E-state index in [4.69, 9.17) is 11.6 Å². The van der Waals surface area contributed by atoms with Crippen molar-refractivity contribution in [3.8, 4) is 0 Å². The summed E-state index contributed by atoms with van der Waals surface area (Å²) in [4.78, 5) is 27.3. The zero-order valence-electron chi connectivity index (χ0n) is 11.7. The Labute approximate surface area is 132 Å². The maximum atomic E-state index is 11.8. The van der Waals surface area contributed by atoms with Crippen LogP contribution in [0.2, 0.25) is 5.02 Å². The van der Waals surface area contributed by atoms with Crippen molar-refractivity contribution in [2.24, 2.45) is 5.10 Å². The van der Waals surface area contributed by atoms with Gasteiger partial charge in [0, 0.05) is 28.7 Å². The second kappa shape index (κ2) is 7.33. The standard InChI is InChI=1S/C15H13ClN4O2/c1-10-4-5-12(16)7-13(10)19-14(21)15(22)20-18-9-11-3-2-6-17-8-11/h2-9H,1H3,(H,19,21)(H,20,22)/b18-9-. The predicted octanol–water partition coefficient (Wildman–Crippen LogP) is 2.13. The first-order chi connectivity index (χ1) is 10.6. The lowest BCUT2D eigenvalue weighted by Crippen LogP contribution is -2.32. The molecule has 0 spiro atoms. The van der Waals surface area contributed by atoms with Gasteiger partial charge in [0.1, 0.15) is 0 Å². The highest BCUT2D eigenvalue weighted by atomic mass is 35.5. The van der Waals surface area contributed by atoms with Crippen molar-refractivity contribution in [3.63, 3.8) is 0 Å². The quantitative estimate of drug-likeness (QED) is 0.517. The normalized spacial score (nSPS) is 10.5. The van der Waals surface area contributed by atoms with Crippen LogP contribution in [0.1, 0.15) is 11.1 Å². The van der Waals surface area contributed by atoms with E-state index in [-0.39, 0.29) is 0 Å². The van der Waals surface area contributed by atoms with Crippen LogP contribution in [0.15, 0.2) is 47.8 Å². The van der Waals surface area contributed by atoms with Gasteiger partial charge in [-0.2, -0.15) is 5.10 Å². The number of anilines is 1. The molecule has 0 radical (unpaired) electrons. The zero-order valence-corrected chi connectivity index (χ0v) is 12.5. The third-order valence-corrected chi connectivity index (χ3v) is 2.95. The Morgan fingerprint density at radius 1 is 1.27 bits per heavy atom. The minimum atomic E-state index is -0.875. The van der Waals surface area contributed by atoms with E-state index in [9.17, 15) is 9.59 Å². The van der Waals surface area contributed by atoms with Crippen molar-refractivity contribution in [1.29, 1.82) is 0 Å². The minimum Gasteiger partial charge on any atom is -0.317 e. The Morgan fingerprint density at radius 2 is 2.09 bits per heavy atom. The summed E-state index contributed by atoms with van der Waals surface area (Å²) in [6.45, 7) is 1.80. The number of nitrogens with zero attached hydrogens (tertiary/aromatic N) is 2. The number of pyridine rings is 1. The van der Waals surface area contributed by atoms with Crippen molar-refractivity contribution < 1.29 is 9.59 Å². The molecule has 7 heteroatoms. The van der Waals surface area contributed by atoms with E-state index >= 15 is 0 Å². The van der Waals surface area contributed by atoms with Crippen LogP contribution in [0.4, 0.5) is 5.69 Å². The maximum Gasteiger partial charge on any atom is 0.329 e. The minimum absolute atomic E-state index is 0.468. The van der Waals surface area contributed by atoms with Crippen LogP contribution < -0.4 is 10.7 Å². The summed E-state index contributed by atoms with van der Waals surface area (Å²) in [5, 5.41) is 6.64. The van der Waals surface area contributed by atoms with Gasteiger partial charge >= 0.3 is 11.8 Å². The number of hydrazone groups is 1. The molecule has 1 aromatic carbocycles. The number of amides is 2. The monoisotopic (exact) mass is 316 g/mol. The highest BCUT2D eigenvalue weighted by Crippen LogP contribution is 2.19. The van der Waals surface area contributed by atoms with Crippen molar-refractivity contribution >= 4 is 35.3 Å². The van der Waals surface area contributed by atoms with E-state index in [1.807, 2.05) is 0 Å². The third-order valence-electron chi connectivity index (χ3n) is 2.72. The van der Waals surface area contributed by atoms with Gasteiger partial charge in [0.2, 0.25) is 0 Å². The molecule has 112 valence electrons. The van der Waals surface area contributed by atoms with Gasteiger partial charge in [-0.25, -0.2) is 5.43 Å². The molecule has 2 aromatic rings. The van der Waals surface area contributed by atoms with E-state index < -0.39 is 11.8 Å². The van der Waals surface area contributed by atoms with Crippen LogP contribution in [-0.2, 0) is 9.59 Å². The summed E-state index contributed by atoms with van der Waals surface area (Å²) in [6.07, 6.45) is 4.59. The second-order valence-corrected chi connectivity index (χ2v) is 4.84. The fraction of sp³-hybridized carbons (Fsp3) is 0.0667. The molecule has 0 bridgehead atoms. The second-order valence-electron chi connectivity index (χ2n) is 4.40. The van der Waals surface area contributed by atoms with Crippen molar-refractivity contribution in [1.82, 2.24) is 10.4 Å². The molecule has 2 rings (SSSR count). The average Bonchev–Trinajstić information content (AvgIpc) is 2.52. The summed E-state index contributed by atoms with van der Waals surface area (Å²) in [5.74, 6) is -1.70. The van der Waals surface area contributed by atoms with Gasteiger partial charge in [-0.1, -0.05) is 23.7 Å². The Hall–Kier alpha value is -2.73. The number of aromatic nitrogens is 1. The van der Waals surface area contributed by atoms with Gasteiger partial charge in [0.25, 0.3) is 0 Å². The lowest BCUT2D eigenvalue weighted by Gasteiger charge is -2.07. The van der Waals surface area contributed by atoms with Crippen LogP contribution in [0, 0.1) is 6.92 Å². The number of benzene rings is 1. The molecule has 0 atom stereocenters. The molecule has 0 saturated carbocycles. The van der Waals surface area contributed by atoms with E-state index in [2.05, 4.69) is 20.8 Å². The largest absolute Gasteiger partial charge is 0.329 e. The fourth-order valence-corrected chi connectivity index (χ4v) is 1.75. The number of aryl methyl sites for hydroxylation is 1. The molecule has 2 amide bonds. The lowest BCUT2D eigenvalue weighted by atomic mass is 10.2. The Bertz CT molecular complexity index is 717. The van der Waals surface area contributed by atoms with Gasteiger partial charge in [-0.15, -0.1) is 0 Å². The molecule has 0 aliphatic rings. The summed E-state index contributed by atoms with van der Waals surface area (Å²) >= 11 is 5.85. The number of halogens is 1. The highest BCUT2D eigenvalue weighted by molar-refractivity contribution is 6.40. The third kappa shape index (κ3) is 4.39. The molecule has 6 nitrogen and oxygen atoms in total. The molecular formula is C15H13ClN4O2. The molecular weight excluding hydrogens is 304 g/mol. The van der Waals surface area contributed by atoms with Crippen LogP contribution in [0.3, 0.4) is 0 Å². The molecule has 2 N–H and O–H groups in total. The van der Waals surface area contributed by atoms with E-state index in [1.54, 1.807) is 49.6 Å². The molecule has 0 saturated heterocycles. The number of carbonyl (C=O) groups excluding carboxylic acids is 2. The summed E-state index contributed by atoms with van der Waals surface area (Å²) < 4.78 is 0. The summed E-state index contributed by atoms with van der Waals surface area (Å²) in [5.41, 5.74) is 4.12. The zero-order chi connectivity index (χ0) is 15.9. The van der Waals surface area contributed by atoms with Crippen molar-refractivity contribution in [2.45, 2.75) is 6.92 Å². The Balaban J connectivity index is 1.94. The smallest absolute Gasteiger partial charge is 0.317 e. The first kappa shape index (κ1) is 15.7. The first-order valence-corrected chi connectivity index (χ1v) is 6.74. The van der Waals surface area contributed by atoms with Crippen molar-refractivity contribution in [3.05, 3.63) is 58.9 Å². The fourth-order valence-electron chi connectivity index (χ4n) is 1.58. The van der Waals surface area contributed by atoms with E-state index in [1.165, 1.54) is 6.21 Å². The number of rotatable bonds is 3. The van der Waals surface area contributed by atoms with E-state index in [0.29, 0.717) is 16.3 Å². The summed E-state index contributed by atoms with van der Waals surface area (Å²) in [6, 6.07) is 8.51. The predicted molar refractivity (Wildman–Crippen MR) is 84.8 cm³/mol. The van der Waals surface area contributed by atoms with Crippen molar-refractivity contribution in [2.75, 3.05) is 5.32 Å². The summed E-state index contributed by atoms with van der Waals surface area (Å²) in [7, 11) is 0. The van der Waals surface area contributed by atoms with Crippen LogP contribution in [-0.4, -0.2) is 23.0 Å². The lowest BCUT2D eigenvalue weighted by molar-refractivity contribution is -0.136. The van der Waals surface area contributed by atoms with E-state index in [0.717, 1.165) is 5.56 Å². The number of nitrogens with one attached hydrogen (secondary N) is 2. The van der Waals surface area contributed by atoms with Gasteiger partial charge in [-0.05, 0) is 30.7 Å².